The highest BCUT2D eigenvalue weighted by Gasteiger charge is 2.40. The number of carbonyl (C=O) groups excluding carboxylic acids is 3. The van der Waals surface area contributed by atoms with Gasteiger partial charge >= 0.3 is 0 Å². The molecule has 3 amide bonds. The molecule has 60 heavy (non-hydrogen) atoms. The number of hydrogen-bond acceptors (Lipinski definition) is 11. The molecule has 0 aliphatic carbocycles. The summed E-state index contributed by atoms with van der Waals surface area (Å²) < 4.78 is 18.9. The van der Waals surface area contributed by atoms with E-state index < -0.39 is 13.2 Å². The highest BCUT2D eigenvalue weighted by atomic mass is 35.5. The number of benzene rings is 3. The number of carbonyl (C=O) groups is 3. The first kappa shape index (κ1) is 42.4. The smallest absolute Gasteiger partial charge is 0.255 e. The summed E-state index contributed by atoms with van der Waals surface area (Å²) in [5.41, 5.74) is 5.51. The average molecular weight is 870 g/mol. The van der Waals surface area contributed by atoms with Crippen molar-refractivity contribution in [2.75, 3.05) is 76.9 Å². The first-order valence-corrected chi connectivity index (χ1v) is 24.8. The van der Waals surface area contributed by atoms with E-state index in [1.165, 1.54) is 0 Å². The molecule has 3 fully saturated rings. The number of piperidine rings is 2. The highest BCUT2D eigenvalue weighted by Crippen LogP contribution is 2.37. The topological polar surface area (TPSA) is 128 Å². The van der Waals surface area contributed by atoms with E-state index in [-0.39, 0.29) is 24.1 Å². The van der Waals surface area contributed by atoms with Gasteiger partial charge in [-0.1, -0.05) is 48.0 Å². The maximum absolute atomic E-state index is 13.2. The fraction of sp³-hybridized carbons (Fsp3) is 0.444. The summed E-state index contributed by atoms with van der Waals surface area (Å²) in [5.74, 6) is 1.62. The molecule has 0 saturated carbocycles. The van der Waals surface area contributed by atoms with Crippen LogP contribution in [0, 0.1) is 0 Å². The molecule has 4 aliphatic rings. The number of nitrogens with one attached hydrogen (secondary N) is 1. The van der Waals surface area contributed by atoms with Crippen LogP contribution in [0.2, 0.25) is 5.02 Å². The molecule has 1 unspecified atom stereocenters. The van der Waals surface area contributed by atoms with Gasteiger partial charge in [-0.3, -0.25) is 29.5 Å². The van der Waals surface area contributed by atoms with Gasteiger partial charge in [-0.2, -0.15) is 0 Å². The Labute approximate surface area is 361 Å². The molecule has 1 atom stereocenters. The van der Waals surface area contributed by atoms with E-state index in [0.717, 1.165) is 108 Å². The second-order valence-electron chi connectivity index (χ2n) is 16.5. The molecule has 0 spiro atoms. The monoisotopic (exact) mass is 869 g/mol. The number of nitrogens with zero attached hydrogens (tertiary/aromatic N) is 6. The van der Waals surface area contributed by atoms with Crippen LogP contribution in [0.15, 0.2) is 71.8 Å². The normalized spacial score (nSPS) is 19.5. The Balaban J connectivity index is 0.799. The van der Waals surface area contributed by atoms with E-state index >= 15 is 0 Å². The number of fused-ring (bicyclic) bond motifs is 1. The molecule has 316 valence electrons. The molecule has 1 aromatic heterocycles. The van der Waals surface area contributed by atoms with Gasteiger partial charge in [0.2, 0.25) is 11.8 Å². The predicted molar refractivity (Wildman–Crippen MR) is 238 cm³/mol. The molecule has 4 aliphatic heterocycles. The molecule has 8 rings (SSSR count). The Morgan fingerprint density at radius 3 is 2.45 bits per heavy atom. The summed E-state index contributed by atoms with van der Waals surface area (Å²) in [6.07, 6.45) is 5.50. The summed E-state index contributed by atoms with van der Waals surface area (Å²) in [6, 6.07) is 20.1. The van der Waals surface area contributed by atoms with Crippen LogP contribution in [0.1, 0.15) is 64.2 Å². The molecule has 15 heteroatoms. The van der Waals surface area contributed by atoms with E-state index in [9.17, 15) is 18.9 Å². The third-order valence-corrected chi connectivity index (χ3v) is 15.4. The lowest BCUT2D eigenvalue weighted by atomic mass is 10.0. The van der Waals surface area contributed by atoms with Crippen LogP contribution in [0.4, 0.5) is 5.69 Å². The minimum atomic E-state index is -2.47. The van der Waals surface area contributed by atoms with Crippen LogP contribution in [0.5, 0.6) is 5.75 Å². The minimum Gasteiger partial charge on any atom is -0.496 e. The zero-order chi connectivity index (χ0) is 42.0. The Morgan fingerprint density at radius 2 is 1.70 bits per heavy atom. The Bertz CT molecular complexity index is 2310. The van der Waals surface area contributed by atoms with Gasteiger partial charge in [0.25, 0.3) is 5.91 Å². The standard InChI is InChI=1S/C45H53ClN7O5PS/c1-58-39-27-33(12-11-30(39)26-42-47-28-36(46)37(48-42)25-31-7-4-5-9-40(31)59(2,3)57)51-17-15-32(16-18-51)52-21-19-50(20-22-52)23-24-60-41-10-6-8-34-35(41)29-53(45(34)56)38-13-14-43(54)49-44(38)55/h4-12,27-28,32,38H,13-26,29H2,1-3H3,(H,49,54,55). The third-order valence-electron chi connectivity index (χ3n) is 12.4. The van der Waals surface area contributed by atoms with Gasteiger partial charge in [-0.15, -0.1) is 11.8 Å². The number of anilines is 1. The molecule has 4 aromatic rings. The van der Waals surface area contributed by atoms with Crippen LogP contribution in [-0.2, 0) is 33.5 Å². The lowest BCUT2D eigenvalue weighted by Crippen LogP contribution is -2.53. The van der Waals surface area contributed by atoms with Gasteiger partial charge in [0.05, 0.1) is 17.8 Å². The van der Waals surface area contributed by atoms with Gasteiger partial charge in [0.1, 0.15) is 24.8 Å². The van der Waals surface area contributed by atoms with Gasteiger partial charge in [-0.05, 0) is 61.9 Å². The summed E-state index contributed by atoms with van der Waals surface area (Å²) in [6.45, 7) is 11.1. The van der Waals surface area contributed by atoms with Crippen molar-refractivity contribution in [3.63, 3.8) is 0 Å². The lowest BCUT2D eigenvalue weighted by Gasteiger charge is -2.43. The molecule has 12 nitrogen and oxygen atoms in total. The SMILES string of the molecule is COc1cc(N2CCC(N3CCN(CCSc4cccc5c4CN(C4CCC(=O)NC4=O)C5=O)CC3)CC2)ccc1Cc1ncc(Cl)c(Cc2ccccc2P(C)(C)=O)n1. The number of rotatable bonds is 13. The van der Waals surface area contributed by atoms with Crippen molar-refractivity contribution in [2.24, 2.45) is 0 Å². The summed E-state index contributed by atoms with van der Waals surface area (Å²) in [7, 11) is -0.760. The number of hydrogen-bond donors (Lipinski definition) is 1. The number of halogens is 1. The predicted octanol–water partition coefficient (Wildman–Crippen LogP) is 5.71. The van der Waals surface area contributed by atoms with Gasteiger partial charge < -0.3 is 19.1 Å². The first-order valence-electron chi connectivity index (χ1n) is 20.9. The van der Waals surface area contributed by atoms with Crippen molar-refractivity contribution in [3.8, 4) is 5.75 Å². The minimum absolute atomic E-state index is 0.126. The van der Waals surface area contributed by atoms with Crippen LogP contribution in [-0.4, -0.2) is 126 Å². The Kier molecular flexibility index (Phi) is 13.0. The number of methoxy groups -OCH3 is 1. The highest BCUT2D eigenvalue weighted by molar-refractivity contribution is 7.99. The number of aromatic nitrogens is 2. The van der Waals surface area contributed by atoms with Gasteiger partial charge in [0.15, 0.2) is 0 Å². The maximum Gasteiger partial charge on any atom is 0.255 e. The summed E-state index contributed by atoms with van der Waals surface area (Å²) in [4.78, 5) is 57.2. The fourth-order valence-electron chi connectivity index (χ4n) is 9.08. The second kappa shape index (κ2) is 18.4. The maximum atomic E-state index is 13.2. The molecule has 3 aromatic carbocycles. The van der Waals surface area contributed by atoms with Crippen molar-refractivity contribution in [2.45, 2.75) is 62.0 Å². The van der Waals surface area contributed by atoms with Crippen LogP contribution >= 0.6 is 30.5 Å². The second-order valence-corrected chi connectivity index (χ2v) is 21.3. The van der Waals surface area contributed by atoms with E-state index in [2.05, 4.69) is 49.3 Å². The van der Waals surface area contributed by atoms with Crippen molar-refractivity contribution in [1.82, 2.24) is 30.0 Å². The molecule has 5 heterocycles. The Hall–Kier alpha value is -4.26. The van der Waals surface area contributed by atoms with Gasteiger partial charge in [-0.25, -0.2) is 9.97 Å². The largest absolute Gasteiger partial charge is 0.496 e. The van der Waals surface area contributed by atoms with E-state index in [4.69, 9.17) is 21.3 Å². The zero-order valence-electron chi connectivity index (χ0n) is 34.6. The molecule has 3 saturated heterocycles. The molecular weight excluding hydrogens is 817 g/mol. The zero-order valence-corrected chi connectivity index (χ0v) is 37.0. The summed E-state index contributed by atoms with van der Waals surface area (Å²) in [5, 5.41) is 3.74. The number of piperazine rings is 1. The van der Waals surface area contributed by atoms with E-state index in [0.29, 0.717) is 48.3 Å². The van der Waals surface area contributed by atoms with E-state index in [1.54, 1.807) is 43.3 Å². The van der Waals surface area contributed by atoms with Crippen molar-refractivity contribution in [3.05, 3.63) is 106 Å². The number of ether oxygens (including phenoxy) is 1. The summed E-state index contributed by atoms with van der Waals surface area (Å²) >= 11 is 8.36. The third kappa shape index (κ3) is 9.45. The van der Waals surface area contributed by atoms with Crippen LogP contribution in [0.3, 0.4) is 0 Å². The van der Waals surface area contributed by atoms with Crippen molar-refractivity contribution >= 4 is 59.2 Å². The number of imide groups is 1. The van der Waals surface area contributed by atoms with Crippen LogP contribution < -0.4 is 20.3 Å². The number of amides is 3. The Morgan fingerprint density at radius 1 is 0.917 bits per heavy atom. The van der Waals surface area contributed by atoms with Crippen molar-refractivity contribution < 1.29 is 23.7 Å². The van der Waals surface area contributed by atoms with E-state index in [1.807, 2.05) is 36.4 Å². The molecule has 0 bridgehead atoms. The first-order chi connectivity index (χ1) is 28.9. The van der Waals surface area contributed by atoms with Gasteiger partial charge in [0, 0.05) is 123 Å². The average Bonchev–Trinajstić information content (AvgIpc) is 3.58. The molecular formula is C45H53ClN7O5PS. The fourth-order valence-corrected chi connectivity index (χ4v) is 11.6. The molecule has 1 N–H and O–H groups in total. The molecule has 0 radical (unpaired) electrons. The van der Waals surface area contributed by atoms with Crippen LogP contribution in [0.25, 0.3) is 0 Å². The lowest BCUT2D eigenvalue weighted by molar-refractivity contribution is -0.136. The quantitative estimate of drug-likeness (QED) is 0.101. The van der Waals surface area contributed by atoms with Crippen molar-refractivity contribution in [1.29, 1.82) is 0 Å². The number of thioether (sulfide) groups is 1.